The molecular weight excluding hydrogens is 416 g/mol. The number of amides is 2. The summed E-state index contributed by atoms with van der Waals surface area (Å²) in [5.74, 6) is -0.318. The molecule has 1 aromatic heterocycles. The van der Waals surface area contributed by atoms with Crippen LogP contribution < -0.4 is 10.9 Å². The number of carbonyl (C=O) groups excluding carboxylic acids is 2. The zero-order valence-electron chi connectivity index (χ0n) is 18.7. The third-order valence-electron chi connectivity index (χ3n) is 5.83. The summed E-state index contributed by atoms with van der Waals surface area (Å²) in [7, 11) is 0. The lowest BCUT2D eigenvalue weighted by molar-refractivity contribution is -0.122. The molecule has 2 N–H and O–H groups in total. The van der Waals surface area contributed by atoms with Crippen molar-refractivity contribution in [1.29, 1.82) is 0 Å². The van der Waals surface area contributed by atoms with Crippen LogP contribution in [0.15, 0.2) is 71.5 Å². The Morgan fingerprint density at radius 2 is 1.70 bits per heavy atom. The molecule has 0 spiro atoms. The standard InChI is InChI=1S/C26H28N4O3/c1-19-6-5-9-21(16-19)23-11-10-22(25(32)28-23)26(33)30-14-12-29(13-15-30)18-24(31)27-17-20-7-3-2-4-8-20/h2-11,16H,12-15,17-18H2,1H3,(H,27,31)(H,28,32). The van der Waals surface area contributed by atoms with Crippen LogP contribution in [-0.2, 0) is 11.3 Å². The SMILES string of the molecule is Cc1cccc(-c2ccc(C(=O)N3CCN(CC(=O)NCc4ccccc4)CC3)c(=O)[nH]2)c1. The van der Waals surface area contributed by atoms with E-state index < -0.39 is 0 Å². The van der Waals surface area contributed by atoms with E-state index in [1.54, 1.807) is 17.0 Å². The molecule has 2 heterocycles. The molecule has 0 atom stereocenters. The highest BCUT2D eigenvalue weighted by Gasteiger charge is 2.25. The van der Waals surface area contributed by atoms with Crippen LogP contribution in [0.3, 0.4) is 0 Å². The number of nitrogens with one attached hydrogen (secondary N) is 2. The van der Waals surface area contributed by atoms with Crippen molar-refractivity contribution in [2.75, 3.05) is 32.7 Å². The zero-order chi connectivity index (χ0) is 23.2. The highest BCUT2D eigenvalue weighted by Crippen LogP contribution is 2.17. The first-order valence-electron chi connectivity index (χ1n) is 11.1. The van der Waals surface area contributed by atoms with Gasteiger partial charge in [0.15, 0.2) is 0 Å². The van der Waals surface area contributed by atoms with Crippen molar-refractivity contribution in [3.05, 3.63) is 93.8 Å². The third-order valence-corrected chi connectivity index (χ3v) is 5.83. The van der Waals surface area contributed by atoms with Gasteiger partial charge in [-0.05, 0) is 36.2 Å². The van der Waals surface area contributed by atoms with E-state index in [1.165, 1.54) is 0 Å². The van der Waals surface area contributed by atoms with E-state index in [0.29, 0.717) is 45.0 Å². The van der Waals surface area contributed by atoms with E-state index in [-0.39, 0.29) is 22.9 Å². The fraction of sp³-hybridized carbons (Fsp3) is 0.269. The fourth-order valence-corrected chi connectivity index (χ4v) is 3.96. The van der Waals surface area contributed by atoms with Crippen LogP contribution in [0, 0.1) is 6.92 Å². The smallest absolute Gasteiger partial charge is 0.261 e. The van der Waals surface area contributed by atoms with Crippen LogP contribution in [0.2, 0.25) is 0 Å². The van der Waals surface area contributed by atoms with Gasteiger partial charge in [0, 0.05) is 38.4 Å². The van der Waals surface area contributed by atoms with Crippen molar-refractivity contribution in [2.24, 2.45) is 0 Å². The van der Waals surface area contributed by atoms with Crippen molar-refractivity contribution >= 4 is 11.8 Å². The van der Waals surface area contributed by atoms with Gasteiger partial charge in [0.05, 0.1) is 6.54 Å². The molecule has 2 aromatic carbocycles. The van der Waals surface area contributed by atoms with Gasteiger partial charge in [-0.1, -0.05) is 54.1 Å². The van der Waals surface area contributed by atoms with Crippen molar-refractivity contribution in [3.8, 4) is 11.3 Å². The summed E-state index contributed by atoms with van der Waals surface area (Å²) < 4.78 is 0. The number of piperazine rings is 1. The summed E-state index contributed by atoms with van der Waals surface area (Å²) in [6.45, 7) is 4.91. The first kappa shape index (κ1) is 22.5. The number of benzene rings is 2. The van der Waals surface area contributed by atoms with Gasteiger partial charge in [0.2, 0.25) is 5.91 Å². The Bertz CT molecular complexity index is 1180. The molecule has 0 aliphatic carbocycles. The highest BCUT2D eigenvalue weighted by atomic mass is 16.2. The average molecular weight is 445 g/mol. The maximum absolute atomic E-state index is 12.9. The Morgan fingerprint density at radius 3 is 2.39 bits per heavy atom. The van der Waals surface area contributed by atoms with Gasteiger partial charge >= 0.3 is 0 Å². The van der Waals surface area contributed by atoms with Crippen molar-refractivity contribution in [3.63, 3.8) is 0 Å². The first-order chi connectivity index (χ1) is 16.0. The Balaban J connectivity index is 1.30. The molecule has 3 aromatic rings. The summed E-state index contributed by atoms with van der Waals surface area (Å²) in [6, 6.07) is 21.0. The number of carbonyl (C=O) groups is 2. The van der Waals surface area contributed by atoms with Crippen molar-refractivity contribution in [1.82, 2.24) is 20.1 Å². The van der Waals surface area contributed by atoms with Crippen LogP contribution in [0.1, 0.15) is 21.5 Å². The summed E-state index contributed by atoms with van der Waals surface area (Å²) in [5.41, 5.74) is 3.50. The molecule has 1 aliphatic rings. The second kappa shape index (κ2) is 10.3. The largest absolute Gasteiger partial charge is 0.351 e. The minimum absolute atomic E-state index is 0.0400. The van der Waals surface area contributed by atoms with E-state index >= 15 is 0 Å². The van der Waals surface area contributed by atoms with Gasteiger partial charge < -0.3 is 15.2 Å². The number of aromatic amines is 1. The van der Waals surface area contributed by atoms with Gasteiger partial charge in [-0.3, -0.25) is 19.3 Å². The van der Waals surface area contributed by atoms with Gasteiger partial charge in [-0.2, -0.15) is 0 Å². The van der Waals surface area contributed by atoms with E-state index in [9.17, 15) is 14.4 Å². The molecule has 7 heteroatoms. The maximum Gasteiger partial charge on any atom is 0.261 e. The first-order valence-corrected chi connectivity index (χ1v) is 11.1. The second-order valence-electron chi connectivity index (χ2n) is 8.31. The van der Waals surface area contributed by atoms with Crippen LogP contribution in [0.25, 0.3) is 11.3 Å². The Hall–Kier alpha value is -3.71. The fourth-order valence-electron chi connectivity index (χ4n) is 3.96. The number of aromatic nitrogens is 1. The normalized spacial score (nSPS) is 14.2. The number of hydrogen-bond donors (Lipinski definition) is 2. The monoisotopic (exact) mass is 444 g/mol. The predicted molar refractivity (Wildman–Crippen MR) is 128 cm³/mol. The molecule has 2 amide bonds. The summed E-state index contributed by atoms with van der Waals surface area (Å²) >= 11 is 0. The number of hydrogen-bond acceptors (Lipinski definition) is 4. The number of H-pyrrole nitrogens is 1. The Labute approximate surface area is 193 Å². The molecule has 0 radical (unpaired) electrons. The molecule has 1 fully saturated rings. The van der Waals surface area contributed by atoms with E-state index in [4.69, 9.17) is 0 Å². The maximum atomic E-state index is 12.9. The van der Waals surface area contributed by atoms with Crippen molar-refractivity contribution < 1.29 is 9.59 Å². The van der Waals surface area contributed by atoms with Crippen LogP contribution in [0.4, 0.5) is 0 Å². The average Bonchev–Trinajstić information content (AvgIpc) is 2.83. The molecule has 0 saturated carbocycles. The Kier molecular flexibility index (Phi) is 7.00. The number of pyridine rings is 1. The van der Waals surface area contributed by atoms with Gasteiger partial charge in [0.25, 0.3) is 11.5 Å². The number of nitrogens with zero attached hydrogens (tertiary/aromatic N) is 2. The van der Waals surface area contributed by atoms with E-state index in [1.807, 2.05) is 66.4 Å². The molecule has 170 valence electrons. The molecule has 1 saturated heterocycles. The number of rotatable bonds is 6. The topological polar surface area (TPSA) is 85.5 Å². The summed E-state index contributed by atoms with van der Waals surface area (Å²) in [6.07, 6.45) is 0. The predicted octanol–water partition coefficient (Wildman–Crippen LogP) is 2.42. The van der Waals surface area contributed by atoms with Crippen LogP contribution >= 0.6 is 0 Å². The van der Waals surface area contributed by atoms with Gasteiger partial charge in [-0.15, -0.1) is 0 Å². The molecule has 0 unspecified atom stereocenters. The van der Waals surface area contributed by atoms with E-state index in [0.717, 1.165) is 16.7 Å². The van der Waals surface area contributed by atoms with Gasteiger partial charge in [0.1, 0.15) is 5.56 Å². The quantitative estimate of drug-likeness (QED) is 0.612. The highest BCUT2D eigenvalue weighted by molar-refractivity contribution is 5.94. The number of aryl methyl sites for hydroxylation is 1. The zero-order valence-corrected chi connectivity index (χ0v) is 18.7. The lowest BCUT2D eigenvalue weighted by Crippen LogP contribution is -2.51. The van der Waals surface area contributed by atoms with Gasteiger partial charge in [-0.25, -0.2) is 0 Å². The Morgan fingerprint density at radius 1 is 0.939 bits per heavy atom. The minimum Gasteiger partial charge on any atom is -0.351 e. The molecule has 7 nitrogen and oxygen atoms in total. The molecule has 1 aliphatic heterocycles. The van der Waals surface area contributed by atoms with E-state index in [2.05, 4.69) is 10.3 Å². The van der Waals surface area contributed by atoms with Crippen LogP contribution in [-0.4, -0.2) is 59.3 Å². The third kappa shape index (κ3) is 5.75. The lowest BCUT2D eigenvalue weighted by atomic mass is 10.1. The minimum atomic E-state index is -0.387. The lowest BCUT2D eigenvalue weighted by Gasteiger charge is -2.34. The second-order valence-corrected chi connectivity index (χ2v) is 8.31. The summed E-state index contributed by atoms with van der Waals surface area (Å²) in [4.78, 5) is 44.3. The molecule has 33 heavy (non-hydrogen) atoms. The molecular formula is C26H28N4O3. The molecule has 4 rings (SSSR count). The van der Waals surface area contributed by atoms with Crippen molar-refractivity contribution in [2.45, 2.75) is 13.5 Å². The summed E-state index contributed by atoms with van der Waals surface area (Å²) in [5, 5.41) is 2.93. The molecule has 0 bridgehead atoms. The van der Waals surface area contributed by atoms with Crippen LogP contribution in [0.5, 0.6) is 0 Å².